The van der Waals surface area contributed by atoms with Crippen molar-refractivity contribution in [3.8, 4) is 0 Å². The van der Waals surface area contributed by atoms with E-state index in [0.29, 0.717) is 0 Å². The van der Waals surface area contributed by atoms with Crippen LogP contribution in [0.3, 0.4) is 0 Å². The highest BCUT2D eigenvalue weighted by atomic mass is 32.2. The number of nitrogens with zero attached hydrogens (tertiary/aromatic N) is 1. The summed E-state index contributed by atoms with van der Waals surface area (Å²) in [6.07, 6.45) is 0. The SMILES string of the molecule is C/C(=[NH+]\SC(C)(C)C)c1cccc([N+](=O)[O-])c1. The Morgan fingerprint density at radius 3 is 2.59 bits per heavy atom. The van der Waals surface area contributed by atoms with Crippen LogP contribution in [0.2, 0.25) is 0 Å². The Kier molecular flexibility index (Phi) is 4.28. The Hall–Kier alpha value is -1.36. The van der Waals surface area contributed by atoms with Crippen molar-refractivity contribution in [3.05, 3.63) is 39.9 Å². The molecule has 1 rings (SSSR count). The summed E-state index contributed by atoms with van der Waals surface area (Å²) in [5, 5.41) is 10.7. The minimum absolute atomic E-state index is 0.0992. The summed E-state index contributed by atoms with van der Waals surface area (Å²) in [6.45, 7) is 8.22. The maximum absolute atomic E-state index is 10.7. The first-order valence-electron chi connectivity index (χ1n) is 5.32. The van der Waals surface area contributed by atoms with Gasteiger partial charge in [0.15, 0.2) is 17.7 Å². The first-order chi connectivity index (χ1) is 7.79. The number of nitro groups is 1. The molecule has 0 aliphatic rings. The highest BCUT2D eigenvalue weighted by Gasteiger charge is 2.17. The second-order valence-corrected chi connectivity index (χ2v) is 6.38. The summed E-state index contributed by atoms with van der Waals surface area (Å²) in [5.41, 5.74) is 1.88. The Balaban J connectivity index is 2.92. The van der Waals surface area contributed by atoms with Crippen molar-refractivity contribution in [2.45, 2.75) is 32.4 Å². The second-order valence-electron chi connectivity index (χ2n) is 4.75. The van der Waals surface area contributed by atoms with Crippen molar-refractivity contribution >= 4 is 23.3 Å². The molecular formula is C12H17N2O2S+. The predicted octanol–water partition coefficient (Wildman–Crippen LogP) is 1.93. The maximum atomic E-state index is 10.7. The molecule has 1 aromatic rings. The van der Waals surface area contributed by atoms with E-state index in [4.69, 9.17) is 0 Å². The van der Waals surface area contributed by atoms with Gasteiger partial charge in [-0.25, -0.2) is 0 Å². The molecule has 17 heavy (non-hydrogen) atoms. The lowest BCUT2D eigenvalue weighted by Gasteiger charge is -2.07. The minimum atomic E-state index is -0.381. The van der Waals surface area contributed by atoms with E-state index >= 15 is 0 Å². The molecule has 5 heteroatoms. The monoisotopic (exact) mass is 253 g/mol. The van der Waals surface area contributed by atoms with Crippen LogP contribution in [-0.4, -0.2) is 15.4 Å². The summed E-state index contributed by atoms with van der Waals surface area (Å²) < 4.78 is 3.31. The fourth-order valence-electron chi connectivity index (χ4n) is 1.14. The van der Waals surface area contributed by atoms with Gasteiger partial charge in [-0.1, -0.05) is 6.07 Å². The maximum Gasteiger partial charge on any atom is 0.270 e. The van der Waals surface area contributed by atoms with E-state index in [2.05, 4.69) is 25.2 Å². The lowest BCUT2D eigenvalue weighted by molar-refractivity contribution is -0.384. The van der Waals surface area contributed by atoms with Crippen molar-refractivity contribution in [2.24, 2.45) is 0 Å². The molecule has 0 aliphatic carbocycles. The van der Waals surface area contributed by atoms with E-state index < -0.39 is 0 Å². The Labute approximate surface area is 105 Å². The number of hydrogen-bond acceptors (Lipinski definition) is 3. The number of nitro benzene ring substituents is 1. The van der Waals surface area contributed by atoms with E-state index in [0.717, 1.165) is 11.3 Å². The van der Waals surface area contributed by atoms with Gasteiger partial charge in [-0.3, -0.25) is 10.1 Å². The van der Waals surface area contributed by atoms with Crippen LogP contribution in [0.1, 0.15) is 33.3 Å². The molecule has 0 radical (unpaired) electrons. The second kappa shape index (κ2) is 5.31. The molecule has 0 spiro atoms. The van der Waals surface area contributed by atoms with Crippen LogP contribution in [0.15, 0.2) is 24.3 Å². The number of nitrogens with one attached hydrogen (secondary N) is 1. The van der Waals surface area contributed by atoms with Gasteiger partial charge in [-0.05, 0) is 26.8 Å². The van der Waals surface area contributed by atoms with Crippen LogP contribution in [0, 0.1) is 10.1 Å². The van der Waals surface area contributed by atoms with Crippen molar-refractivity contribution < 1.29 is 9.32 Å². The van der Waals surface area contributed by atoms with Gasteiger partial charge < -0.3 is 0 Å². The van der Waals surface area contributed by atoms with E-state index in [1.54, 1.807) is 24.1 Å². The summed E-state index contributed by atoms with van der Waals surface area (Å²) in [4.78, 5) is 10.3. The molecule has 1 N–H and O–H groups in total. The Morgan fingerprint density at radius 1 is 1.41 bits per heavy atom. The zero-order valence-electron chi connectivity index (χ0n) is 10.5. The fraction of sp³-hybridized carbons (Fsp3) is 0.417. The molecule has 4 nitrogen and oxygen atoms in total. The number of benzene rings is 1. The van der Waals surface area contributed by atoms with Gasteiger partial charge in [-0.15, -0.1) is 0 Å². The van der Waals surface area contributed by atoms with Crippen molar-refractivity contribution in [1.29, 1.82) is 0 Å². The molecule has 0 fully saturated rings. The van der Waals surface area contributed by atoms with Gasteiger partial charge in [0.25, 0.3) is 5.69 Å². The highest BCUT2D eigenvalue weighted by Crippen LogP contribution is 2.15. The van der Waals surface area contributed by atoms with E-state index in [9.17, 15) is 10.1 Å². The summed E-state index contributed by atoms with van der Waals surface area (Å²) in [7, 11) is 0. The molecule has 0 aromatic heterocycles. The highest BCUT2D eigenvalue weighted by molar-refractivity contribution is 7.94. The molecule has 0 unspecified atom stereocenters. The lowest BCUT2D eigenvalue weighted by Crippen LogP contribution is -2.65. The third-order valence-electron chi connectivity index (χ3n) is 2.00. The molecule has 0 bridgehead atoms. The molecule has 0 heterocycles. The Morgan fingerprint density at radius 2 is 2.06 bits per heavy atom. The average Bonchev–Trinajstić information content (AvgIpc) is 2.25. The van der Waals surface area contributed by atoms with Gasteiger partial charge in [0.2, 0.25) is 0 Å². The molecule has 92 valence electrons. The van der Waals surface area contributed by atoms with E-state index in [-0.39, 0.29) is 15.4 Å². The fourth-order valence-corrected chi connectivity index (χ4v) is 1.72. The van der Waals surface area contributed by atoms with Crippen molar-refractivity contribution in [3.63, 3.8) is 0 Å². The van der Waals surface area contributed by atoms with Crippen LogP contribution in [-0.2, 0) is 0 Å². The molecule has 0 saturated heterocycles. The quantitative estimate of drug-likeness (QED) is 0.387. The van der Waals surface area contributed by atoms with Gasteiger partial charge >= 0.3 is 0 Å². The molecule has 0 aliphatic heterocycles. The zero-order chi connectivity index (χ0) is 13.1. The number of rotatable bonds is 3. The summed E-state index contributed by atoms with van der Waals surface area (Å²) in [6, 6.07) is 6.62. The standard InChI is InChI=1S/C12H16N2O2S/c1-9(13-17-12(2,3)4)10-6-5-7-11(8-10)14(15)16/h5-8H,1-4H3/p+1/b13-9+. The van der Waals surface area contributed by atoms with Crippen LogP contribution in [0.4, 0.5) is 5.69 Å². The number of hydrogen-bond donors (Lipinski definition) is 1. The molecular weight excluding hydrogens is 236 g/mol. The first-order valence-corrected chi connectivity index (χ1v) is 6.13. The lowest BCUT2D eigenvalue weighted by atomic mass is 10.1. The first kappa shape index (κ1) is 13.7. The smallest absolute Gasteiger partial charge is 0.258 e. The minimum Gasteiger partial charge on any atom is -0.258 e. The molecule has 0 saturated carbocycles. The van der Waals surface area contributed by atoms with Crippen molar-refractivity contribution in [2.75, 3.05) is 0 Å². The normalized spacial score (nSPS) is 12.6. The van der Waals surface area contributed by atoms with Gasteiger partial charge in [0.1, 0.15) is 0 Å². The summed E-state index contributed by atoms with van der Waals surface area (Å²) in [5.74, 6) is 0. The zero-order valence-corrected chi connectivity index (χ0v) is 11.3. The average molecular weight is 253 g/mol. The molecule has 1 aromatic carbocycles. The van der Waals surface area contributed by atoms with Gasteiger partial charge in [0, 0.05) is 24.6 Å². The van der Waals surface area contributed by atoms with Crippen molar-refractivity contribution in [1.82, 2.24) is 0 Å². The summed E-state index contributed by atoms with van der Waals surface area (Å²) >= 11 is 1.59. The van der Waals surface area contributed by atoms with Gasteiger partial charge in [-0.2, -0.15) is 4.40 Å². The topological polar surface area (TPSA) is 57.1 Å². The molecule has 0 atom stereocenters. The van der Waals surface area contributed by atoms with Crippen LogP contribution in [0.25, 0.3) is 0 Å². The van der Waals surface area contributed by atoms with Crippen LogP contribution >= 0.6 is 11.9 Å². The largest absolute Gasteiger partial charge is 0.270 e. The third kappa shape index (κ3) is 4.56. The van der Waals surface area contributed by atoms with Gasteiger partial charge in [0.05, 0.1) is 9.67 Å². The number of non-ortho nitro benzene ring substituents is 1. The van der Waals surface area contributed by atoms with E-state index in [1.165, 1.54) is 6.07 Å². The van der Waals surface area contributed by atoms with Crippen LogP contribution in [0.5, 0.6) is 0 Å². The van der Waals surface area contributed by atoms with E-state index in [1.807, 2.05) is 13.0 Å². The third-order valence-corrected chi connectivity index (χ3v) is 3.02. The van der Waals surface area contributed by atoms with Crippen LogP contribution < -0.4 is 4.40 Å². The Bertz CT molecular complexity index is 450. The predicted molar refractivity (Wildman–Crippen MR) is 71.2 cm³/mol. The molecule has 0 amide bonds.